The van der Waals surface area contributed by atoms with E-state index in [2.05, 4.69) is 18.2 Å². The quantitative estimate of drug-likeness (QED) is 0.0241. The summed E-state index contributed by atoms with van der Waals surface area (Å²) in [7, 11) is -5.22. The SMILES string of the molecule is CCCCCCCCCCCCCCCC(O)(CCCCCCCCCCCCCCC)C(CO)(CO)CO.OP(O)OP(O)O. The Morgan fingerprint density at radius 2 is 0.609 bits per heavy atom. The van der Waals surface area contributed by atoms with Crippen LogP contribution in [0.25, 0.3) is 0 Å². The van der Waals surface area contributed by atoms with E-state index in [1.807, 2.05) is 0 Å². The fourth-order valence-electron chi connectivity index (χ4n) is 6.18. The maximum Gasteiger partial charge on any atom is 0.334 e. The maximum absolute atomic E-state index is 11.6. The molecule has 0 aliphatic heterocycles. The average Bonchev–Trinajstić information content (AvgIpc) is 3.02. The van der Waals surface area contributed by atoms with Gasteiger partial charge in [0.1, 0.15) is 0 Å². The summed E-state index contributed by atoms with van der Waals surface area (Å²) in [6.07, 6.45) is 34.3. The van der Waals surface area contributed by atoms with Gasteiger partial charge < -0.3 is 40.0 Å². The van der Waals surface area contributed by atoms with Gasteiger partial charge in [0.05, 0.1) is 30.8 Å². The number of unbranched alkanes of at least 4 members (excludes halogenated alkanes) is 24. The molecule has 0 saturated heterocycles. The third-order valence-electron chi connectivity index (χ3n) is 9.43. The first-order valence-electron chi connectivity index (χ1n) is 18.8. The molecule has 0 saturated carbocycles. The molecule has 0 heterocycles. The third kappa shape index (κ3) is 28.3. The molecular weight excluding hydrogens is 626 g/mol. The van der Waals surface area contributed by atoms with Crippen molar-refractivity contribution in [3.8, 4) is 0 Å². The van der Waals surface area contributed by atoms with Crippen molar-refractivity contribution >= 4 is 17.2 Å². The molecule has 0 rings (SSSR count). The minimum atomic E-state index is -2.61. The molecular formula is C35H76O9P2. The second-order valence-corrected chi connectivity index (χ2v) is 15.0. The topological polar surface area (TPSA) is 171 Å². The molecule has 0 amide bonds. The Hall–Kier alpha value is 0.500. The summed E-state index contributed by atoms with van der Waals surface area (Å²) in [6, 6.07) is 0. The number of hydrogen-bond donors (Lipinski definition) is 8. The van der Waals surface area contributed by atoms with E-state index in [0.717, 1.165) is 25.7 Å². The van der Waals surface area contributed by atoms with E-state index in [4.69, 9.17) is 19.6 Å². The Balaban J connectivity index is 0. The standard InChI is InChI=1S/C35H72O4.H4O5P2/c1-3-5-7-9-11-13-15-17-19-21-23-25-27-29-35(39,34(31-36,32-37)33-38)30-28-26-24-22-20-18-16-14-12-10-8-6-4-2;1-6(2)5-7(3)4/h36-39H,3-33H2,1-2H3;1-4H. The average molecular weight is 703 g/mol. The minimum Gasteiger partial charge on any atom is -0.395 e. The molecule has 0 spiro atoms. The molecule has 46 heavy (non-hydrogen) atoms. The van der Waals surface area contributed by atoms with Crippen LogP contribution in [-0.4, -0.2) is 65.4 Å². The predicted octanol–water partition coefficient (Wildman–Crippen LogP) is 9.07. The van der Waals surface area contributed by atoms with Crippen LogP contribution in [0.3, 0.4) is 0 Å². The summed E-state index contributed by atoms with van der Waals surface area (Å²) in [5, 5.41) is 41.7. The fourth-order valence-corrected chi connectivity index (χ4v) is 6.71. The van der Waals surface area contributed by atoms with Crippen molar-refractivity contribution in [3.05, 3.63) is 0 Å². The Labute approximate surface area is 285 Å². The molecule has 0 atom stereocenters. The molecule has 0 unspecified atom stereocenters. The Bertz CT molecular complexity index is 552. The molecule has 0 radical (unpaired) electrons. The van der Waals surface area contributed by atoms with Gasteiger partial charge in [-0.15, -0.1) is 0 Å². The number of aliphatic hydroxyl groups is 4. The Morgan fingerprint density at radius 1 is 0.391 bits per heavy atom. The van der Waals surface area contributed by atoms with Crippen molar-refractivity contribution in [2.24, 2.45) is 5.41 Å². The van der Waals surface area contributed by atoms with Crippen LogP contribution in [0.15, 0.2) is 0 Å². The lowest BCUT2D eigenvalue weighted by Crippen LogP contribution is -2.55. The lowest BCUT2D eigenvalue weighted by molar-refractivity contribution is -0.162. The third-order valence-corrected chi connectivity index (χ3v) is 10.6. The van der Waals surface area contributed by atoms with E-state index in [1.165, 1.54) is 141 Å². The van der Waals surface area contributed by atoms with E-state index < -0.39 is 28.2 Å². The second-order valence-electron chi connectivity index (χ2n) is 13.4. The van der Waals surface area contributed by atoms with E-state index in [0.29, 0.717) is 12.8 Å². The van der Waals surface area contributed by atoms with Gasteiger partial charge in [0.15, 0.2) is 0 Å². The zero-order chi connectivity index (χ0) is 34.8. The van der Waals surface area contributed by atoms with Crippen LogP contribution in [-0.2, 0) is 4.31 Å². The van der Waals surface area contributed by atoms with Gasteiger partial charge in [-0.1, -0.05) is 181 Å². The molecule has 280 valence electrons. The highest BCUT2D eigenvalue weighted by Crippen LogP contribution is 2.42. The van der Waals surface area contributed by atoms with E-state index >= 15 is 0 Å². The number of hydrogen-bond acceptors (Lipinski definition) is 9. The van der Waals surface area contributed by atoms with Crippen LogP contribution >= 0.6 is 17.2 Å². The van der Waals surface area contributed by atoms with Crippen LogP contribution in [0.5, 0.6) is 0 Å². The van der Waals surface area contributed by atoms with Crippen LogP contribution in [0, 0.1) is 5.41 Å². The first kappa shape index (κ1) is 48.6. The van der Waals surface area contributed by atoms with Crippen molar-refractivity contribution in [1.29, 1.82) is 0 Å². The Morgan fingerprint density at radius 3 is 0.783 bits per heavy atom. The van der Waals surface area contributed by atoms with E-state index in [9.17, 15) is 20.4 Å². The summed E-state index contributed by atoms with van der Waals surface area (Å²) in [4.78, 5) is 31.3. The predicted molar refractivity (Wildman–Crippen MR) is 193 cm³/mol. The van der Waals surface area contributed by atoms with Crippen molar-refractivity contribution < 1.29 is 44.3 Å². The van der Waals surface area contributed by atoms with E-state index in [-0.39, 0.29) is 19.8 Å². The van der Waals surface area contributed by atoms with Crippen LogP contribution in [0.2, 0.25) is 0 Å². The molecule has 8 N–H and O–H groups in total. The van der Waals surface area contributed by atoms with Crippen molar-refractivity contribution in [2.75, 3.05) is 19.8 Å². The number of aliphatic hydroxyl groups excluding tert-OH is 3. The molecule has 0 aromatic heterocycles. The van der Waals surface area contributed by atoms with Gasteiger partial charge in [-0.3, -0.25) is 0 Å². The molecule has 0 fully saturated rings. The molecule has 0 aromatic rings. The van der Waals surface area contributed by atoms with Gasteiger partial charge in [-0.25, -0.2) is 4.31 Å². The summed E-state index contributed by atoms with van der Waals surface area (Å²) >= 11 is 0. The first-order chi connectivity index (χ1) is 22.2. The van der Waals surface area contributed by atoms with Gasteiger partial charge in [0.25, 0.3) is 0 Å². The molecule has 0 bridgehead atoms. The van der Waals surface area contributed by atoms with Gasteiger partial charge in [-0.2, -0.15) is 0 Å². The van der Waals surface area contributed by atoms with E-state index in [1.54, 1.807) is 0 Å². The normalized spacial score (nSPS) is 12.3. The highest BCUT2D eigenvalue weighted by Gasteiger charge is 2.48. The summed E-state index contributed by atoms with van der Waals surface area (Å²) in [6.45, 7) is 3.39. The summed E-state index contributed by atoms with van der Waals surface area (Å²) in [5.74, 6) is 0. The summed E-state index contributed by atoms with van der Waals surface area (Å²) < 4.78 is 3.60. The number of rotatable bonds is 34. The first-order valence-corrected chi connectivity index (χ1v) is 21.1. The van der Waals surface area contributed by atoms with Gasteiger partial charge in [0, 0.05) is 0 Å². The zero-order valence-corrected chi connectivity index (χ0v) is 31.6. The maximum atomic E-state index is 11.6. The molecule has 0 aliphatic carbocycles. The van der Waals surface area contributed by atoms with Gasteiger partial charge >= 0.3 is 17.2 Å². The van der Waals surface area contributed by atoms with Crippen LogP contribution in [0.1, 0.15) is 194 Å². The lowest BCUT2D eigenvalue weighted by atomic mass is 9.68. The molecule has 0 aliphatic rings. The minimum absolute atomic E-state index is 0.382. The monoisotopic (exact) mass is 702 g/mol. The van der Waals surface area contributed by atoms with Crippen molar-refractivity contribution in [2.45, 2.75) is 199 Å². The highest BCUT2D eigenvalue weighted by molar-refractivity contribution is 7.53. The summed E-state index contributed by atoms with van der Waals surface area (Å²) in [5.41, 5.74) is -2.43. The second kappa shape index (κ2) is 35.3. The molecule has 9 nitrogen and oxygen atoms in total. The molecule has 0 aromatic carbocycles. The smallest absolute Gasteiger partial charge is 0.334 e. The van der Waals surface area contributed by atoms with Gasteiger partial charge in [-0.05, 0) is 12.8 Å². The van der Waals surface area contributed by atoms with Crippen LogP contribution < -0.4 is 0 Å². The highest BCUT2D eigenvalue weighted by atomic mass is 31.2. The van der Waals surface area contributed by atoms with Crippen LogP contribution in [0.4, 0.5) is 0 Å². The Kier molecular flexibility index (Phi) is 37.3. The van der Waals surface area contributed by atoms with Gasteiger partial charge in [0.2, 0.25) is 0 Å². The molecule has 11 heteroatoms. The lowest BCUT2D eigenvalue weighted by Gasteiger charge is -2.44. The zero-order valence-electron chi connectivity index (χ0n) is 29.8. The van der Waals surface area contributed by atoms with Crippen molar-refractivity contribution in [3.63, 3.8) is 0 Å². The van der Waals surface area contributed by atoms with Crippen molar-refractivity contribution in [1.82, 2.24) is 0 Å². The largest absolute Gasteiger partial charge is 0.395 e. The fraction of sp³-hybridized carbons (Fsp3) is 1.00.